The van der Waals surface area contributed by atoms with E-state index in [0.717, 1.165) is 64.2 Å². The van der Waals surface area contributed by atoms with Crippen molar-refractivity contribution in [1.29, 1.82) is 0 Å². The first-order valence-corrected chi connectivity index (χ1v) is 20.3. The third-order valence-corrected chi connectivity index (χ3v) is 8.37. The van der Waals surface area contributed by atoms with Gasteiger partial charge in [0.25, 0.3) is 0 Å². The zero-order chi connectivity index (χ0) is 34.7. The average molecular weight is 685 g/mol. The number of hydrogen-bond acceptors (Lipinski definition) is 6. The van der Waals surface area contributed by atoms with E-state index in [9.17, 15) is 14.2 Å². The third-order valence-electron chi connectivity index (χ3n) is 7.88. The van der Waals surface area contributed by atoms with Crippen LogP contribution in [0.5, 0.6) is 0 Å². The molecule has 0 spiro atoms. The quantitative estimate of drug-likeness (QED) is 0.0297. The summed E-state index contributed by atoms with van der Waals surface area (Å²) in [5, 5.41) is 0. The van der Waals surface area contributed by atoms with Gasteiger partial charge in [-0.1, -0.05) is 127 Å². The average Bonchev–Trinajstić information content (AvgIpc) is 3.04. The van der Waals surface area contributed by atoms with Crippen molar-refractivity contribution in [2.75, 3.05) is 13.2 Å². The highest BCUT2D eigenvalue weighted by Gasteiger charge is 2.22. The molecule has 8 nitrogen and oxygen atoms in total. The van der Waals surface area contributed by atoms with Gasteiger partial charge in [-0.25, -0.2) is 4.57 Å². The molecule has 0 radical (unpaired) electrons. The van der Waals surface area contributed by atoms with Crippen molar-refractivity contribution in [2.24, 2.45) is 0 Å². The van der Waals surface area contributed by atoms with Gasteiger partial charge in [-0.2, -0.15) is 0 Å². The molecule has 0 rings (SSSR count). The number of esters is 2. The summed E-state index contributed by atoms with van der Waals surface area (Å²) < 4.78 is 26.3. The largest absolute Gasteiger partial charge is 0.469 e. The fourth-order valence-corrected chi connectivity index (χ4v) is 5.40. The molecule has 9 heteroatoms. The minimum atomic E-state index is -4.75. The first-order chi connectivity index (χ1) is 22.8. The van der Waals surface area contributed by atoms with Crippen molar-refractivity contribution in [2.45, 2.75) is 180 Å². The molecule has 0 amide bonds. The zero-order valence-corrected chi connectivity index (χ0v) is 30.8. The van der Waals surface area contributed by atoms with Crippen LogP contribution in [0.3, 0.4) is 0 Å². The molecular formula is C38H69O8P. The van der Waals surface area contributed by atoms with Crippen LogP contribution in [0.15, 0.2) is 36.5 Å². The molecule has 1 unspecified atom stereocenters. The highest BCUT2D eigenvalue weighted by atomic mass is 31.2. The molecule has 0 aliphatic rings. The molecule has 1 atom stereocenters. The number of phosphoric acid groups is 1. The van der Waals surface area contributed by atoms with Gasteiger partial charge in [0, 0.05) is 12.8 Å². The standard InChI is InChI=1S/C38H69O8P/c1-3-5-7-9-11-13-15-17-18-19-20-21-23-25-27-29-31-33-38(40)46-36(35-45-47(41,42)43)34-44-37(39)32-30-28-26-24-22-16-14-12-10-8-6-4-2/h11-14,17-18,36H,3-10,15-16,19-35H2,1-2H3,(H2,41,42,43)/b13-11-,14-12-,18-17-. The first kappa shape index (κ1) is 45.3. The van der Waals surface area contributed by atoms with Gasteiger partial charge in [0.2, 0.25) is 0 Å². The van der Waals surface area contributed by atoms with Crippen LogP contribution in [-0.2, 0) is 28.2 Å². The van der Waals surface area contributed by atoms with Crippen molar-refractivity contribution >= 4 is 19.8 Å². The molecule has 0 bridgehead atoms. The molecule has 0 fully saturated rings. The Kier molecular flexibility index (Phi) is 32.9. The fourth-order valence-electron chi connectivity index (χ4n) is 5.04. The number of carbonyl (C=O) groups excluding carboxylic acids is 2. The molecule has 0 aliphatic carbocycles. The SMILES string of the molecule is CCCCC/C=C\C/C=C\CCCCCCCCCC(=O)OC(COC(=O)CCCCCCC/C=C\CCCCC)COP(=O)(O)O. The van der Waals surface area contributed by atoms with Gasteiger partial charge in [0.1, 0.15) is 6.61 Å². The highest BCUT2D eigenvalue weighted by Crippen LogP contribution is 2.36. The molecule has 0 aromatic heterocycles. The Balaban J connectivity index is 3.99. The van der Waals surface area contributed by atoms with Crippen molar-refractivity contribution in [1.82, 2.24) is 0 Å². The molecule has 0 aromatic rings. The Labute approximate surface area is 287 Å². The first-order valence-electron chi connectivity index (χ1n) is 18.8. The second-order valence-corrected chi connectivity index (χ2v) is 13.8. The van der Waals surface area contributed by atoms with Gasteiger partial charge in [-0.3, -0.25) is 14.1 Å². The lowest BCUT2D eigenvalue weighted by Crippen LogP contribution is -2.29. The smallest absolute Gasteiger partial charge is 0.462 e. The van der Waals surface area contributed by atoms with Crippen molar-refractivity contribution in [3.05, 3.63) is 36.5 Å². The van der Waals surface area contributed by atoms with Gasteiger partial charge < -0.3 is 19.3 Å². The monoisotopic (exact) mass is 684 g/mol. The molecule has 274 valence electrons. The molecule has 2 N–H and O–H groups in total. The lowest BCUT2D eigenvalue weighted by atomic mass is 10.1. The summed E-state index contributed by atoms with van der Waals surface area (Å²) >= 11 is 0. The van der Waals surface area contributed by atoms with Gasteiger partial charge in [0.05, 0.1) is 6.61 Å². The van der Waals surface area contributed by atoms with Crippen molar-refractivity contribution in [3.63, 3.8) is 0 Å². The lowest BCUT2D eigenvalue weighted by molar-refractivity contribution is -0.161. The Bertz CT molecular complexity index is 864. The number of unbranched alkanes of at least 4 members (excludes halogenated alkanes) is 18. The Morgan fingerprint density at radius 2 is 0.957 bits per heavy atom. The Morgan fingerprint density at radius 3 is 1.43 bits per heavy atom. The normalized spacial score (nSPS) is 12.9. The number of phosphoric ester groups is 1. The molecule has 0 saturated carbocycles. The lowest BCUT2D eigenvalue weighted by Gasteiger charge is -2.18. The second-order valence-electron chi connectivity index (χ2n) is 12.5. The number of allylic oxidation sites excluding steroid dienone is 6. The van der Waals surface area contributed by atoms with Crippen LogP contribution in [0.1, 0.15) is 174 Å². The fraction of sp³-hybridized carbons (Fsp3) is 0.789. The van der Waals surface area contributed by atoms with Crippen LogP contribution >= 0.6 is 7.82 Å². The predicted molar refractivity (Wildman–Crippen MR) is 193 cm³/mol. The van der Waals surface area contributed by atoms with Crippen LogP contribution in [-0.4, -0.2) is 41.0 Å². The summed E-state index contributed by atoms with van der Waals surface area (Å²) in [4.78, 5) is 42.7. The van der Waals surface area contributed by atoms with E-state index in [-0.39, 0.29) is 19.4 Å². The molecule has 0 saturated heterocycles. The molecule has 0 aromatic carbocycles. The third kappa shape index (κ3) is 36.9. The van der Waals surface area contributed by atoms with Gasteiger partial charge in [-0.05, 0) is 70.6 Å². The molecular weight excluding hydrogens is 615 g/mol. The molecule has 47 heavy (non-hydrogen) atoms. The van der Waals surface area contributed by atoms with Crippen LogP contribution in [0.4, 0.5) is 0 Å². The van der Waals surface area contributed by atoms with E-state index in [2.05, 4.69) is 54.8 Å². The molecule has 0 aliphatic heterocycles. The number of ether oxygens (including phenoxy) is 2. The molecule has 0 heterocycles. The number of hydrogen-bond donors (Lipinski definition) is 2. The van der Waals surface area contributed by atoms with E-state index in [1.165, 1.54) is 70.6 Å². The zero-order valence-electron chi connectivity index (χ0n) is 29.9. The summed E-state index contributed by atoms with van der Waals surface area (Å²) in [5.41, 5.74) is 0. The van der Waals surface area contributed by atoms with E-state index >= 15 is 0 Å². The van der Waals surface area contributed by atoms with E-state index in [4.69, 9.17) is 19.3 Å². The van der Waals surface area contributed by atoms with Crippen LogP contribution in [0, 0.1) is 0 Å². The summed E-state index contributed by atoms with van der Waals surface area (Å²) in [7, 11) is -4.75. The van der Waals surface area contributed by atoms with Crippen LogP contribution < -0.4 is 0 Å². The van der Waals surface area contributed by atoms with Gasteiger partial charge >= 0.3 is 19.8 Å². The minimum Gasteiger partial charge on any atom is -0.462 e. The van der Waals surface area contributed by atoms with Crippen molar-refractivity contribution < 1.29 is 37.9 Å². The summed E-state index contributed by atoms with van der Waals surface area (Å²) in [6, 6.07) is 0. The Morgan fingerprint density at radius 1 is 0.553 bits per heavy atom. The van der Waals surface area contributed by atoms with E-state index in [0.29, 0.717) is 12.8 Å². The van der Waals surface area contributed by atoms with Crippen LogP contribution in [0.25, 0.3) is 0 Å². The van der Waals surface area contributed by atoms with Gasteiger partial charge in [-0.15, -0.1) is 0 Å². The maximum absolute atomic E-state index is 12.4. The summed E-state index contributed by atoms with van der Waals surface area (Å²) in [5.74, 6) is -0.905. The maximum atomic E-state index is 12.4. The highest BCUT2D eigenvalue weighted by molar-refractivity contribution is 7.46. The topological polar surface area (TPSA) is 119 Å². The maximum Gasteiger partial charge on any atom is 0.469 e. The van der Waals surface area contributed by atoms with E-state index in [1.54, 1.807) is 0 Å². The second kappa shape index (κ2) is 34.1. The van der Waals surface area contributed by atoms with Crippen molar-refractivity contribution in [3.8, 4) is 0 Å². The van der Waals surface area contributed by atoms with Crippen LogP contribution in [0.2, 0.25) is 0 Å². The number of rotatable bonds is 34. The summed E-state index contributed by atoms with van der Waals surface area (Å²) in [6.07, 6.45) is 38.6. The van der Waals surface area contributed by atoms with Gasteiger partial charge in [0.15, 0.2) is 6.10 Å². The Hall–Kier alpha value is -1.73. The predicted octanol–water partition coefficient (Wildman–Crippen LogP) is 11.0. The summed E-state index contributed by atoms with van der Waals surface area (Å²) in [6.45, 7) is 3.61. The van der Waals surface area contributed by atoms with E-state index in [1.807, 2.05) is 0 Å². The van der Waals surface area contributed by atoms with E-state index < -0.39 is 32.5 Å². The minimum absolute atomic E-state index is 0.201. The number of carbonyl (C=O) groups is 2.